The van der Waals surface area contributed by atoms with E-state index in [0.717, 1.165) is 29.1 Å². The Hall–Kier alpha value is -3.22. The molecule has 0 radical (unpaired) electrons. The predicted molar refractivity (Wildman–Crippen MR) is 131 cm³/mol. The summed E-state index contributed by atoms with van der Waals surface area (Å²) in [7, 11) is 0. The van der Waals surface area contributed by atoms with Crippen molar-refractivity contribution < 1.29 is 9.90 Å². The van der Waals surface area contributed by atoms with Crippen molar-refractivity contribution in [2.75, 3.05) is 18.5 Å². The van der Waals surface area contributed by atoms with Crippen LogP contribution >= 0.6 is 0 Å². The smallest absolute Gasteiger partial charge is 0.250 e. The van der Waals surface area contributed by atoms with E-state index in [4.69, 9.17) is 0 Å². The third-order valence-corrected chi connectivity index (χ3v) is 7.76. The molecule has 0 bridgehead atoms. The lowest BCUT2D eigenvalue weighted by atomic mass is 9.88. The first-order valence-electron chi connectivity index (χ1n) is 12.2. The molecule has 1 aromatic heterocycles. The molecule has 6 nitrogen and oxygen atoms in total. The highest BCUT2D eigenvalue weighted by Gasteiger charge is 2.56. The third-order valence-electron chi connectivity index (χ3n) is 7.76. The topological polar surface area (TPSA) is 74.6 Å². The van der Waals surface area contributed by atoms with Gasteiger partial charge in [-0.05, 0) is 48.1 Å². The summed E-state index contributed by atoms with van der Waals surface area (Å²) in [6.45, 7) is 1.31. The first kappa shape index (κ1) is 21.3. The quantitative estimate of drug-likeness (QED) is 0.596. The van der Waals surface area contributed by atoms with Gasteiger partial charge in [-0.2, -0.15) is 0 Å². The molecular formula is C28H29N3O3. The van der Waals surface area contributed by atoms with Gasteiger partial charge in [0.1, 0.15) is 0 Å². The SMILES string of the molecule is O=C(Nc1ccc(-c2ccccc2)cc1)[C@H]1[C@H](CO)[C@H]2Cn3c(cccc3=O)[C@H]2N1CC1CC1. The Balaban J connectivity index is 1.28. The van der Waals surface area contributed by atoms with Crippen molar-refractivity contribution in [3.63, 3.8) is 0 Å². The Kier molecular flexibility index (Phi) is 5.35. The molecule has 1 saturated carbocycles. The summed E-state index contributed by atoms with van der Waals surface area (Å²) in [6, 6.07) is 23.0. The molecule has 3 aromatic rings. The number of benzene rings is 2. The molecule has 3 aliphatic rings. The number of rotatable bonds is 6. The summed E-state index contributed by atoms with van der Waals surface area (Å²) in [6.07, 6.45) is 2.35. The average molecular weight is 456 g/mol. The largest absolute Gasteiger partial charge is 0.396 e. The fourth-order valence-electron chi connectivity index (χ4n) is 5.96. The molecule has 6 rings (SSSR count). The minimum absolute atomic E-state index is 0.00512. The number of carbonyl (C=O) groups excluding carboxylic acids is 1. The summed E-state index contributed by atoms with van der Waals surface area (Å²) in [5, 5.41) is 13.5. The van der Waals surface area contributed by atoms with Crippen molar-refractivity contribution >= 4 is 11.6 Å². The molecule has 3 heterocycles. The lowest BCUT2D eigenvalue weighted by Gasteiger charge is -2.30. The van der Waals surface area contributed by atoms with E-state index in [0.29, 0.717) is 12.5 Å². The number of nitrogens with zero attached hydrogens (tertiary/aromatic N) is 2. The van der Waals surface area contributed by atoms with E-state index >= 15 is 0 Å². The van der Waals surface area contributed by atoms with Crippen LogP contribution in [0, 0.1) is 17.8 Å². The van der Waals surface area contributed by atoms with E-state index in [1.165, 1.54) is 12.8 Å². The van der Waals surface area contributed by atoms with Crippen LogP contribution in [0.5, 0.6) is 0 Å². The Morgan fingerprint density at radius 1 is 0.941 bits per heavy atom. The van der Waals surface area contributed by atoms with Crippen molar-refractivity contribution in [2.24, 2.45) is 17.8 Å². The molecule has 1 saturated heterocycles. The molecule has 2 aromatic carbocycles. The summed E-state index contributed by atoms with van der Waals surface area (Å²) in [5.74, 6) is 0.344. The lowest BCUT2D eigenvalue weighted by Crippen LogP contribution is -2.46. The maximum atomic E-state index is 13.6. The summed E-state index contributed by atoms with van der Waals surface area (Å²) < 4.78 is 1.83. The van der Waals surface area contributed by atoms with E-state index in [2.05, 4.69) is 22.3 Å². The molecule has 34 heavy (non-hydrogen) atoms. The van der Waals surface area contributed by atoms with Gasteiger partial charge >= 0.3 is 0 Å². The molecule has 1 aliphatic carbocycles. The lowest BCUT2D eigenvalue weighted by molar-refractivity contribution is -0.122. The van der Waals surface area contributed by atoms with Crippen LogP contribution in [-0.4, -0.2) is 39.7 Å². The number of pyridine rings is 1. The number of aliphatic hydroxyl groups is 1. The van der Waals surface area contributed by atoms with Crippen LogP contribution in [-0.2, 0) is 11.3 Å². The number of likely N-dealkylation sites (tertiary alicyclic amines) is 1. The Bertz CT molecular complexity index is 1250. The number of hydrogen-bond acceptors (Lipinski definition) is 4. The number of aliphatic hydroxyl groups excluding tert-OH is 1. The van der Waals surface area contributed by atoms with Crippen molar-refractivity contribution in [3.8, 4) is 11.1 Å². The Labute approximate surface area is 198 Å². The number of anilines is 1. The zero-order valence-electron chi connectivity index (χ0n) is 19.0. The molecule has 0 spiro atoms. The van der Waals surface area contributed by atoms with Gasteiger partial charge in [0.05, 0.1) is 12.1 Å². The fourth-order valence-corrected chi connectivity index (χ4v) is 5.96. The molecule has 0 unspecified atom stereocenters. The number of fused-ring (bicyclic) bond motifs is 3. The van der Waals surface area contributed by atoms with Gasteiger partial charge in [0.25, 0.3) is 5.56 Å². The minimum atomic E-state index is -0.418. The molecule has 1 amide bonds. The van der Waals surface area contributed by atoms with Crippen molar-refractivity contribution in [1.29, 1.82) is 0 Å². The number of aromatic nitrogens is 1. The predicted octanol–water partition coefficient (Wildman–Crippen LogP) is 3.53. The van der Waals surface area contributed by atoms with Crippen LogP contribution < -0.4 is 10.9 Å². The van der Waals surface area contributed by atoms with Crippen LogP contribution in [0.15, 0.2) is 77.6 Å². The molecule has 2 fully saturated rings. The number of hydrogen-bond donors (Lipinski definition) is 2. The standard InChI is InChI=1S/C28H29N3O3/c32-17-23-22-16-30-24(7-4-8-25(30)33)26(22)31(15-18-9-10-18)27(23)28(34)29-21-13-11-20(12-14-21)19-5-2-1-3-6-19/h1-8,11-14,18,22-23,26-27,32H,9-10,15-17H2,(H,29,34)/t22-,23-,26+,27-/m1/s1. The van der Waals surface area contributed by atoms with Gasteiger partial charge in [0.15, 0.2) is 0 Å². The molecule has 174 valence electrons. The maximum absolute atomic E-state index is 13.6. The summed E-state index contributed by atoms with van der Waals surface area (Å²) in [5.41, 5.74) is 3.95. The number of amides is 1. The van der Waals surface area contributed by atoms with Gasteiger partial charge in [0, 0.05) is 49.0 Å². The molecule has 2 N–H and O–H groups in total. The van der Waals surface area contributed by atoms with Crippen LogP contribution in [0.2, 0.25) is 0 Å². The van der Waals surface area contributed by atoms with Gasteiger partial charge < -0.3 is 15.0 Å². The van der Waals surface area contributed by atoms with Crippen molar-refractivity contribution in [3.05, 3.63) is 88.8 Å². The number of carbonyl (C=O) groups is 1. The molecule has 6 heteroatoms. The van der Waals surface area contributed by atoms with Crippen molar-refractivity contribution in [1.82, 2.24) is 9.47 Å². The monoisotopic (exact) mass is 455 g/mol. The first-order chi connectivity index (χ1) is 16.6. The highest BCUT2D eigenvalue weighted by Crippen LogP contribution is 2.50. The van der Waals surface area contributed by atoms with Gasteiger partial charge in [-0.25, -0.2) is 0 Å². The van der Waals surface area contributed by atoms with Crippen LogP contribution in [0.4, 0.5) is 5.69 Å². The van der Waals surface area contributed by atoms with E-state index in [1.807, 2.05) is 59.2 Å². The van der Waals surface area contributed by atoms with E-state index in [9.17, 15) is 14.7 Å². The van der Waals surface area contributed by atoms with Crippen LogP contribution in [0.1, 0.15) is 24.6 Å². The average Bonchev–Trinajstić information content (AvgIpc) is 3.51. The Morgan fingerprint density at radius 3 is 2.38 bits per heavy atom. The molecule has 2 aliphatic heterocycles. The normalized spacial score (nSPS) is 25.7. The second-order valence-corrected chi connectivity index (χ2v) is 9.87. The third kappa shape index (κ3) is 3.67. The van der Waals surface area contributed by atoms with Gasteiger partial charge in [-0.15, -0.1) is 0 Å². The first-order valence-corrected chi connectivity index (χ1v) is 12.2. The minimum Gasteiger partial charge on any atom is -0.396 e. The number of nitrogens with one attached hydrogen (secondary N) is 1. The van der Waals surface area contributed by atoms with Crippen LogP contribution in [0.3, 0.4) is 0 Å². The van der Waals surface area contributed by atoms with E-state index in [-0.39, 0.29) is 36.0 Å². The van der Waals surface area contributed by atoms with Crippen LogP contribution in [0.25, 0.3) is 11.1 Å². The summed E-state index contributed by atoms with van der Waals surface area (Å²) in [4.78, 5) is 28.4. The highest BCUT2D eigenvalue weighted by molar-refractivity contribution is 5.95. The van der Waals surface area contributed by atoms with E-state index in [1.54, 1.807) is 6.07 Å². The van der Waals surface area contributed by atoms with Crippen molar-refractivity contribution in [2.45, 2.75) is 31.5 Å². The summed E-state index contributed by atoms with van der Waals surface area (Å²) >= 11 is 0. The maximum Gasteiger partial charge on any atom is 0.250 e. The van der Waals surface area contributed by atoms with E-state index < -0.39 is 6.04 Å². The second-order valence-electron chi connectivity index (χ2n) is 9.87. The zero-order valence-corrected chi connectivity index (χ0v) is 19.0. The molecule has 4 atom stereocenters. The Morgan fingerprint density at radius 2 is 1.68 bits per heavy atom. The molecular weight excluding hydrogens is 426 g/mol. The van der Waals surface area contributed by atoms with Gasteiger partial charge in [0.2, 0.25) is 5.91 Å². The van der Waals surface area contributed by atoms with Gasteiger partial charge in [-0.1, -0.05) is 48.5 Å². The highest BCUT2D eigenvalue weighted by atomic mass is 16.3. The zero-order chi connectivity index (χ0) is 23.2. The fraction of sp³-hybridized carbons (Fsp3) is 0.357. The second kappa shape index (κ2) is 8.53. The van der Waals surface area contributed by atoms with Gasteiger partial charge in [-0.3, -0.25) is 14.5 Å².